The maximum Gasteiger partial charge on any atom is 0.242 e. The molecule has 2 N–H and O–H groups in total. The highest BCUT2D eigenvalue weighted by Crippen LogP contribution is 2.05. The topological polar surface area (TPSA) is 87.7 Å². The van der Waals surface area contributed by atoms with Crippen molar-refractivity contribution < 1.29 is 8.42 Å². The van der Waals surface area contributed by atoms with Gasteiger partial charge in [-0.2, -0.15) is 0 Å². The second-order valence-corrected chi connectivity index (χ2v) is 4.86. The molecule has 0 saturated heterocycles. The van der Waals surface area contributed by atoms with E-state index >= 15 is 0 Å². The highest BCUT2D eigenvalue weighted by Gasteiger charge is 2.13. The third-order valence-electron chi connectivity index (χ3n) is 1.95. The van der Waals surface area contributed by atoms with Crippen LogP contribution in [-0.2, 0) is 16.6 Å². The summed E-state index contributed by atoms with van der Waals surface area (Å²) in [6.45, 7) is 0.178. The first-order valence-electron chi connectivity index (χ1n) is 4.55. The summed E-state index contributed by atoms with van der Waals surface area (Å²) in [6, 6.07) is 3.06. The van der Waals surface area contributed by atoms with Crippen molar-refractivity contribution in [3.8, 4) is 0 Å². The van der Waals surface area contributed by atoms with Crippen LogP contribution in [0.2, 0.25) is 0 Å². The number of aromatic nitrogens is 3. The molecule has 0 radical (unpaired) electrons. The molecule has 0 amide bonds. The minimum Gasteiger partial charge on any atom is -0.347 e. The van der Waals surface area contributed by atoms with Crippen molar-refractivity contribution in [2.24, 2.45) is 0 Å². The molecule has 16 heavy (non-hydrogen) atoms. The van der Waals surface area contributed by atoms with Gasteiger partial charge in [-0.25, -0.2) is 18.1 Å². The number of sulfonamides is 1. The van der Waals surface area contributed by atoms with E-state index in [1.807, 2.05) is 0 Å². The molecule has 0 saturated carbocycles. The van der Waals surface area contributed by atoms with Gasteiger partial charge in [-0.3, -0.25) is 4.98 Å². The smallest absolute Gasteiger partial charge is 0.242 e. The van der Waals surface area contributed by atoms with Crippen LogP contribution in [0, 0.1) is 0 Å². The van der Waals surface area contributed by atoms with Crippen LogP contribution >= 0.6 is 0 Å². The van der Waals surface area contributed by atoms with Gasteiger partial charge in [0.05, 0.1) is 12.9 Å². The predicted molar refractivity (Wildman–Crippen MR) is 56.9 cm³/mol. The minimum absolute atomic E-state index is 0.148. The molecule has 0 fully saturated rings. The Morgan fingerprint density at radius 3 is 2.81 bits per heavy atom. The number of nitrogens with zero attached hydrogens (tertiary/aromatic N) is 2. The molecule has 0 bridgehead atoms. The Labute approximate surface area is 92.8 Å². The number of imidazole rings is 1. The van der Waals surface area contributed by atoms with E-state index in [1.54, 1.807) is 12.3 Å². The third-order valence-corrected chi connectivity index (χ3v) is 3.34. The molecule has 2 aromatic rings. The maximum atomic E-state index is 11.7. The van der Waals surface area contributed by atoms with E-state index in [1.165, 1.54) is 24.8 Å². The van der Waals surface area contributed by atoms with Crippen LogP contribution in [0.25, 0.3) is 0 Å². The Bertz CT molecular complexity index is 536. The average Bonchev–Trinajstić information content (AvgIpc) is 2.81. The van der Waals surface area contributed by atoms with Gasteiger partial charge in [0.25, 0.3) is 0 Å². The van der Waals surface area contributed by atoms with E-state index in [2.05, 4.69) is 19.7 Å². The summed E-state index contributed by atoms with van der Waals surface area (Å²) in [7, 11) is -3.50. The van der Waals surface area contributed by atoms with Gasteiger partial charge in [0.15, 0.2) is 0 Å². The number of nitrogens with one attached hydrogen (secondary N) is 2. The first kappa shape index (κ1) is 10.8. The molecular formula is C9H10N4O2S. The minimum atomic E-state index is -3.50. The first-order valence-corrected chi connectivity index (χ1v) is 6.04. The van der Waals surface area contributed by atoms with E-state index in [-0.39, 0.29) is 11.4 Å². The molecule has 2 rings (SSSR count). The lowest BCUT2D eigenvalue weighted by Crippen LogP contribution is -2.23. The van der Waals surface area contributed by atoms with Gasteiger partial charge < -0.3 is 4.98 Å². The standard InChI is InChI=1S/C9H10N4O2S/c14-16(15,9-2-1-3-10-6-9)13-5-8-4-11-7-12-8/h1-4,6-7,13H,5H2,(H,11,12). The molecule has 0 atom stereocenters. The van der Waals surface area contributed by atoms with Crippen molar-refractivity contribution in [2.45, 2.75) is 11.4 Å². The molecule has 0 aromatic carbocycles. The Balaban J connectivity index is 2.10. The SMILES string of the molecule is O=S(=O)(NCc1cnc[nH]1)c1cccnc1. The molecule has 84 valence electrons. The molecule has 7 heteroatoms. The van der Waals surface area contributed by atoms with E-state index in [4.69, 9.17) is 0 Å². The van der Waals surface area contributed by atoms with Crippen LogP contribution < -0.4 is 4.72 Å². The molecule has 0 aliphatic carbocycles. The maximum absolute atomic E-state index is 11.7. The highest BCUT2D eigenvalue weighted by atomic mass is 32.2. The Morgan fingerprint density at radius 1 is 1.31 bits per heavy atom. The number of pyridine rings is 1. The van der Waals surface area contributed by atoms with Crippen LogP contribution in [0.3, 0.4) is 0 Å². The fourth-order valence-electron chi connectivity index (χ4n) is 1.14. The van der Waals surface area contributed by atoms with Crippen molar-refractivity contribution in [3.63, 3.8) is 0 Å². The zero-order valence-corrected chi connectivity index (χ0v) is 9.11. The molecule has 0 spiro atoms. The van der Waals surface area contributed by atoms with Crippen LogP contribution in [0.4, 0.5) is 0 Å². The second-order valence-electron chi connectivity index (χ2n) is 3.09. The highest BCUT2D eigenvalue weighted by molar-refractivity contribution is 7.89. The number of rotatable bonds is 4. The molecule has 0 aliphatic heterocycles. The van der Waals surface area contributed by atoms with Crippen molar-refractivity contribution in [1.29, 1.82) is 0 Å². The fourth-order valence-corrected chi connectivity index (χ4v) is 2.11. The Hall–Kier alpha value is -1.73. The molecule has 2 heterocycles. The summed E-state index contributed by atoms with van der Waals surface area (Å²) in [6.07, 6.45) is 5.88. The van der Waals surface area contributed by atoms with Crippen LogP contribution in [0.1, 0.15) is 5.69 Å². The summed E-state index contributed by atoms with van der Waals surface area (Å²) in [4.78, 5) is 10.5. The zero-order valence-electron chi connectivity index (χ0n) is 8.29. The second kappa shape index (κ2) is 4.42. The Kier molecular flexibility index (Phi) is 2.97. The summed E-state index contributed by atoms with van der Waals surface area (Å²) in [5.41, 5.74) is 0.701. The van der Waals surface area contributed by atoms with Gasteiger partial charge in [0.1, 0.15) is 4.90 Å². The number of hydrogen-bond acceptors (Lipinski definition) is 4. The lowest BCUT2D eigenvalue weighted by atomic mass is 10.5. The van der Waals surface area contributed by atoms with Gasteiger partial charge >= 0.3 is 0 Å². The Morgan fingerprint density at radius 2 is 2.19 bits per heavy atom. The van der Waals surface area contributed by atoms with Crippen LogP contribution in [-0.4, -0.2) is 23.4 Å². The van der Waals surface area contributed by atoms with Gasteiger partial charge in [-0.15, -0.1) is 0 Å². The molecule has 0 unspecified atom stereocenters. The van der Waals surface area contributed by atoms with Gasteiger partial charge in [-0.1, -0.05) is 0 Å². The fraction of sp³-hybridized carbons (Fsp3) is 0.111. The van der Waals surface area contributed by atoms with E-state index < -0.39 is 10.0 Å². The average molecular weight is 238 g/mol. The van der Waals surface area contributed by atoms with Crippen molar-refractivity contribution >= 4 is 10.0 Å². The molecular weight excluding hydrogens is 228 g/mol. The quantitative estimate of drug-likeness (QED) is 0.801. The van der Waals surface area contributed by atoms with E-state index in [9.17, 15) is 8.42 Å². The summed E-state index contributed by atoms with van der Waals surface area (Å²) >= 11 is 0. The molecule has 2 aromatic heterocycles. The van der Waals surface area contributed by atoms with Crippen LogP contribution in [0.15, 0.2) is 41.9 Å². The molecule has 6 nitrogen and oxygen atoms in total. The van der Waals surface area contributed by atoms with Crippen molar-refractivity contribution in [3.05, 3.63) is 42.7 Å². The zero-order chi connectivity index (χ0) is 11.4. The monoisotopic (exact) mass is 238 g/mol. The normalized spacial score (nSPS) is 11.5. The van der Waals surface area contributed by atoms with E-state index in [0.29, 0.717) is 5.69 Å². The van der Waals surface area contributed by atoms with E-state index in [0.717, 1.165) is 0 Å². The number of aromatic amines is 1. The summed E-state index contributed by atoms with van der Waals surface area (Å²) in [5.74, 6) is 0. The third kappa shape index (κ3) is 2.44. The first-order chi connectivity index (χ1) is 7.68. The number of hydrogen-bond donors (Lipinski definition) is 2. The van der Waals surface area contributed by atoms with Crippen molar-refractivity contribution in [1.82, 2.24) is 19.7 Å². The van der Waals surface area contributed by atoms with Gasteiger partial charge in [-0.05, 0) is 12.1 Å². The largest absolute Gasteiger partial charge is 0.347 e. The summed E-state index contributed by atoms with van der Waals surface area (Å²) < 4.78 is 25.9. The number of H-pyrrole nitrogens is 1. The predicted octanol–water partition coefficient (Wildman–Crippen LogP) is 0.283. The molecule has 0 aliphatic rings. The van der Waals surface area contributed by atoms with Gasteiger partial charge in [0.2, 0.25) is 10.0 Å². The van der Waals surface area contributed by atoms with Crippen molar-refractivity contribution in [2.75, 3.05) is 0 Å². The lowest BCUT2D eigenvalue weighted by Gasteiger charge is -2.04. The van der Waals surface area contributed by atoms with Crippen LogP contribution in [0.5, 0.6) is 0 Å². The summed E-state index contributed by atoms with van der Waals surface area (Å²) in [5, 5.41) is 0. The lowest BCUT2D eigenvalue weighted by molar-refractivity contribution is 0.580. The van der Waals surface area contributed by atoms with Gasteiger partial charge in [0, 0.05) is 24.3 Å².